The predicted molar refractivity (Wildman–Crippen MR) is 123 cm³/mol. The number of nitriles is 1. The lowest BCUT2D eigenvalue weighted by Gasteiger charge is -2.12. The van der Waals surface area contributed by atoms with Gasteiger partial charge in [0.25, 0.3) is 5.91 Å². The molecule has 8 heteroatoms. The third kappa shape index (κ3) is 4.89. The van der Waals surface area contributed by atoms with E-state index in [2.05, 4.69) is 5.32 Å². The number of rotatable bonds is 6. The maximum Gasteiger partial charge on any atom is 0.341 e. The van der Waals surface area contributed by atoms with E-state index in [9.17, 15) is 19.2 Å². The highest BCUT2D eigenvalue weighted by molar-refractivity contribution is 7.17. The standard InChI is InChI=1S/C25H21FN2O4S/c1-2-31-25(30)22-19-8-3-4-9-21(19)33-24(22)28-23(29)16(14-27)13-18-10-11-20(32-18)15-6-5-7-17(26)12-15/h5-7,10-13H,2-4,8-9H2,1H3,(H,28,29)/b16-13+. The Balaban J connectivity index is 1.59. The lowest BCUT2D eigenvalue weighted by atomic mass is 9.95. The maximum absolute atomic E-state index is 13.5. The van der Waals surface area contributed by atoms with Crippen molar-refractivity contribution in [2.45, 2.75) is 32.6 Å². The molecule has 1 amide bonds. The number of anilines is 1. The van der Waals surface area contributed by atoms with E-state index in [1.54, 1.807) is 31.2 Å². The van der Waals surface area contributed by atoms with E-state index in [1.165, 1.54) is 29.5 Å². The third-order valence-corrected chi connectivity index (χ3v) is 6.47. The van der Waals surface area contributed by atoms with Crippen LogP contribution in [-0.4, -0.2) is 18.5 Å². The van der Waals surface area contributed by atoms with Crippen LogP contribution in [0.4, 0.5) is 9.39 Å². The van der Waals surface area contributed by atoms with Gasteiger partial charge in [-0.1, -0.05) is 12.1 Å². The van der Waals surface area contributed by atoms with Gasteiger partial charge in [0.05, 0.1) is 12.2 Å². The van der Waals surface area contributed by atoms with Crippen LogP contribution < -0.4 is 5.32 Å². The molecule has 1 N–H and O–H groups in total. The Labute approximate surface area is 194 Å². The van der Waals surface area contributed by atoms with Crippen LogP contribution in [0.1, 0.15) is 46.3 Å². The van der Waals surface area contributed by atoms with E-state index in [4.69, 9.17) is 9.15 Å². The second-order valence-electron chi connectivity index (χ2n) is 7.47. The van der Waals surface area contributed by atoms with Crippen molar-refractivity contribution in [2.75, 3.05) is 11.9 Å². The zero-order chi connectivity index (χ0) is 23.4. The van der Waals surface area contributed by atoms with Crippen molar-refractivity contribution in [3.8, 4) is 17.4 Å². The van der Waals surface area contributed by atoms with Crippen LogP contribution in [0.2, 0.25) is 0 Å². The van der Waals surface area contributed by atoms with Gasteiger partial charge in [0, 0.05) is 16.5 Å². The molecule has 33 heavy (non-hydrogen) atoms. The Morgan fingerprint density at radius 1 is 1.27 bits per heavy atom. The number of furan rings is 1. The monoisotopic (exact) mass is 464 g/mol. The number of carbonyl (C=O) groups excluding carboxylic acids is 2. The molecule has 168 valence electrons. The predicted octanol–water partition coefficient (Wildman–Crippen LogP) is 5.75. The molecule has 1 aromatic carbocycles. The summed E-state index contributed by atoms with van der Waals surface area (Å²) in [5, 5.41) is 12.7. The SMILES string of the molecule is CCOC(=O)c1c(NC(=O)/C(C#N)=C/c2ccc(-c3cccc(F)c3)o2)sc2c1CCCC2. The van der Waals surface area contributed by atoms with Gasteiger partial charge < -0.3 is 14.5 Å². The lowest BCUT2D eigenvalue weighted by Crippen LogP contribution is -2.16. The van der Waals surface area contributed by atoms with Gasteiger partial charge in [-0.3, -0.25) is 4.79 Å². The number of hydrogen-bond donors (Lipinski definition) is 1. The smallest absolute Gasteiger partial charge is 0.341 e. The lowest BCUT2D eigenvalue weighted by molar-refractivity contribution is -0.112. The fraction of sp³-hybridized carbons (Fsp3) is 0.240. The number of benzene rings is 1. The second kappa shape index (κ2) is 9.84. The van der Waals surface area contributed by atoms with Gasteiger partial charge in [-0.25, -0.2) is 9.18 Å². The number of carbonyl (C=O) groups is 2. The topological polar surface area (TPSA) is 92.3 Å². The Morgan fingerprint density at radius 3 is 2.85 bits per heavy atom. The number of aryl methyl sites for hydroxylation is 1. The average molecular weight is 465 g/mol. The average Bonchev–Trinajstić information content (AvgIpc) is 3.42. The molecule has 3 aromatic rings. The summed E-state index contributed by atoms with van der Waals surface area (Å²) in [5.74, 6) is -0.828. The van der Waals surface area contributed by atoms with Gasteiger partial charge in [0.15, 0.2) is 0 Å². The summed E-state index contributed by atoms with van der Waals surface area (Å²) in [6, 6.07) is 11.0. The minimum absolute atomic E-state index is 0.184. The Bertz CT molecular complexity index is 1280. The molecule has 4 rings (SSSR count). The van der Waals surface area contributed by atoms with Crippen molar-refractivity contribution in [3.63, 3.8) is 0 Å². The minimum Gasteiger partial charge on any atom is -0.462 e. The number of fused-ring (bicyclic) bond motifs is 1. The van der Waals surface area contributed by atoms with Crippen LogP contribution >= 0.6 is 11.3 Å². The van der Waals surface area contributed by atoms with Crippen molar-refractivity contribution in [1.29, 1.82) is 5.26 Å². The molecule has 0 bridgehead atoms. The van der Waals surface area contributed by atoms with E-state index >= 15 is 0 Å². The third-order valence-electron chi connectivity index (χ3n) is 5.27. The summed E-state index contributed by atoms with van der Waals surface area (Å²) >= 11 is 1.35. The molecule has 0 atom stereocenters. The number of nitrogens with one attached hydrogen (secondary N) is 1. The maximum atomic E-state index is 13.5. The quantitative estimate of drug-likeness (QED) is 0.285. The van der Waals surface area contributed by atoms with Crippen LogP contribution in [0.5, 0.6) is 0 Å². The molecule has 0 saturated carbocycles. The largest absolute Gasteiger partial charge is 0.462 e. The summed E-state index contributed by atoms with van der Waals surface area (Å²) in [7, 11) is 0. The number of thiophene rings is 1. The first kappa shape index (κ1) is 22.5. The number of ether oxygens (including phenoxy) is 1. The first-order valence-corrected chi connectivity index (χ1v) is 11.4. The van der Waals surface area contributed by atoms with E-state index in [0.29, 0.717) is 21.9 Å². The summed E-state index contributed by atoms with van der Waals surface area (Å²) in [6.07, 6.45) is 4.91. The van der Waals surface area contributed by atoms with Gasteiger partial charge >= 0.3 is 5.97 Å². The molecule has 0 radical (unpaired) electrons. The van der Waals surface area contributed by atoms with Crippen LogP contribution in [0.25, 0.3) is 17.4 Å². The zero-order valence-electron chi connectivity index (χ0n) is 17.9. The van der Waals surface area contributed by atoms with Crippen LogP contribution in [0.15, 0.2) is 46.4 Å². The Morgan fingerprint density at radius 2 is 2.09 bits per heavy atom. The van der Waals surface area contributed by atoms with Crippen LogP contribution in [0, 0.1) is 17.1 Å². The van der Waals surface area contributed by atoms with Gasteiger partial charge in [-0.05, 0) is 62.4 Å². The number of esters is 1. The fourth-order valence-corrected chi connectivity index (χ4v) is 5.03. The van der Waals surface area contributed by atoms with Crippen molar-refractivity contribution in [2.24, 2.45) is 0 Å². The fourth-order valence-electron chi connectivity index (χ4n) is 3.76. The summed E-state index contributed by atoms with van der Waals surface area (Å²) in [5.41, 5.74) is 1.67. The highest BCUT2D eigenvalue weighted by Gasteiger charge is 2.27. The molecular formula is C25H21FN2O4S. The molecule has 2 aromatic heterocycles. The molecule has 2 heterocycles. The normalized spacial score (nSPS) is 13.2. The molecule has 6 nitrogen and oxygen atoms in total. The number of halogens is 1. The second-order valence-corrected chi connectivity index (χ2v) is 8.58. The Hall–Kier alpha value is -3.70. The van der Waals surface area contributed by atoms with E-state index in [-0.39, 0.29) is 17.9 Å². The molecular weight excluding hydrogens is 443 g/mol. The molecule has 0 spiro atoms. The van der Waals surface area contributed by atoms with Gasteiger partial charge in [-0.15, -0.1) is 11.3 Å². The molecule has 0 saturated heterocycles. The molecule has 0 unspecified atom stereocenters. The van der Waals surface area contributed by atoms with Crippen molar-refractivity contribution >= 4 is 34.3 Å². The minimum atomic E-state index is -0.648. The summed E-state index contributed by atoms with van der Waals surface area (Å²) in [4.78, 5) is 26.5. The zero-order valence-corrected chi connectivity index (χ0v) is 18.8. The van der Waals surface area contributed by atoms with Crippen molar-refractivity contribution in [1.82, 2.24) is 0 Å². The highest BCUT2D eigenvalue weighted by atomic mass is 32.1. The molecule has 0 aliphatic heterocycles. The van der Waals surface area contributed by atoms with Gasteiger partial charge in [-0.2, -0.15) is 5.26 Å². The van der Waals surface area contributed by atoms with Gasteiger partial charge in [0.2, 0.25) is 0 Å². The van der Waals surface area contributed by atoms with E-state index in [1.807, 2.05) is 6.07 Å². The molecule has 0 fully saturated rings. The first-order valence-electron chi connectivity index (χ1n) is 10.6. The summed E-state index contributed by atoms with van der Waals surface area (Å²) in [6.45, 7) is 1.96. The highest BCUT2D eigenvalue weighted by Crippen LogP contribution is 2.39. The van der Waals surface area contributed by atoms with Crippen LogP contribution in [-0.2, 0) is 22.4 Å². The van der Waals surface area contributed by atoms with Gasteiger partial charge in [0.1, 0.15) is 34.0 Å². The number of hydrogen-bond acceptors (Lipinski definition) is 6. The van der Waals surface area contributed by atoms with Crippen molar-refractivity contribution in [3.05, 3.63) is 69.6 Å². The number of nitrogens with zero attached hydrogens (tertiary/aromatic N) is 1. The van der Waals surface area contributed by atoms with Crippen molar-refractivity contribution < 1.29 is 23.1 Å². The number of amides is 1. The van der Waals surface area contributed by atoms with Crippen LogP contribution in [0.3, 0.4) is 0 Å². The summed E-state index contributed by atoms with van der Waals surface area (Å²) < 4.78 is 24.4. The first-order chi connectivity index (χ1) is 16.0. The van der Waals surface area contributed by atoms with E-state index in [0.717, 1.165) is 36.1 Å². The van der Waals surface area contributed by atoms with E-state index < -0.39 is 17.7 Å². The molecule has 1 aliphatic carbocycles. The Kier molecular flexibility index (Phi) is 6.71. The molecule has 1 aliphatic rings.